The number of carbonyl (C=O) groups excluding carboxylic acids is 2. The average molecular weight is 229 g/mol. The molecule has 0 aromatic rings. The van der Waals surface area contributed by atoms with E-state index in [0.717, 1.165) is 5.75 Å². The number of amides is 3. The fourth-order valence-corrected chi connectivity index (χ4v) is 1.33. The molecule has 0 aliphatic carbocycles. The number of terminal acetylenes is 1. The second kappa shape index (κ2) is 8.15. The molecule has 0 saturated carbocycles. The summed E-state index contributed by atoms with van der Waals surface area (Å²) in [6.45, 7) is 2.31. The van der Waals surface area contributed by atoms with Gasteiger partial charge in [-0.3, -0.25) is 10.1 Å². The second-order valence-electron chi connectivity index (χ2n) is 2.79. The summed E-state index contributed by atoms with van der Waals surface area (Å²) >= 11 is 1.60. The predicted molar refractivity (Wildman–Crippen MR) is 61.3 cm³/mol. The highest BCUT2D eigenvalue weighted by Gasteiger charge is 2.12. The van der Waals surface area contributed by atoms with E-state index in [1.807, 2.05) is 5.32 Å². The summed E-state index contributed by atoms with van der Waals surface area (Å²) < 4.78 is 0. The Morgan fingerprint density at radius 1 is 1.60 bits per heavy atom. The van der Waals surface area contributed by atoms with Crippen molar-refractivity contribution in [3.8, 4) is 12.3 Å². The molecule has 15 heavy (non-hydrogen) atoms. The van der Waals surface area contributed by atoms with Gasteiger partial charge in [-0.2, -0.15) is 0 Å². The van der Waals surface area contributed by atoms with E-state index in [0.29, 0.717) is 12.3 Å². The highest BCUT2D eigenvalue weighted by atomic mass is 32.2. The van der Waals surface area contributed by atoms with Gasteiger partial charge in [0.2, 0.25) is 5.91 Å². The maximum absolute atomic E-state index is 11.2. The summed E-state index contributed by atoms with van der Waals surface area (Å²) in [7, 11) is 0. The summed E-state index contributed by atoms with van der Waals surface area (Å²) in [4.78, 5) is 21.5. The molecule has 3 amide bonds. The molecule has 0 fully saturated rings. The van der Waals surface area contributed by atoms with Crippen molar-refractivity contribution in [1.82, 2.24) is 10.6 Å². The van der Waals surface area contributed by atoms with Crippen molar-refractivity contribution in [2.24, 2.45) is 5.73 Å². The standard InChI is InChI=1S/C9H15N3O2S/c1-3-5-15-6-4-11-7(2)8(13)12-9(10)14/h1,7,11H,4-6H2,2H3,(H3,10,12,13,14). The molecule has 0 aromatic heterocycles. The number of hydrogen-bond donors (Lipinski definition) is 3. The first-order chi connectivity index (χ1) is 7.07. The van der Waals surface area contributed by atoms with Crippen LogP contribution in [0.2, 0.25) is 0 Å². The topological polar surface area (TPSA) is 84.2 Å². The molecule has 0 heterocycles. The molecule has 6 heteroatoms. The Morgan fingerprint density at radius 3 is 2.80 bits per heavy atom. The van der Waals surface area contributed by atoms with Crippen LogP contribution in [-0.2, 0) is 4.79 Å². The van der Waals surface area contributed by atoms with Gasteiger partial charge in [0.1, 0.15) is 0 Å². The largest absolute Gasteiger partial charge is 0.351 e. The molecule has 1 atom stereocenters. The number of rotatable bonds is 6. The lowest BCUT2D eigenvalue weighted by molar-refractivity contribution is -0.121. The molecule has 4 N–H and O–H groups in total. The molecule has 0 rings (SSSR count). The lowest BCUT2D eigenvalue weighted by atomic mass is 10.3. The SMILES string of the molecule is C#CCSCCNC(C)C(=O)NC(N)=O. The van der Waals surface area contributed by atoms with Crippen molar-refractivity contribution < 1.29 is 9.59 Å². The van der Waals surface area contributed by atoms with Gasteiger partial charge in [-0.25, -0.2) is 4.79 Å². The van der Waals surface area contributed by atoms with E-state index in [-0.39, 0.29) is 0 Å². The molecule has 1 unspecified atom stereocenters. The number of urea groups is 1. The van der Waals surface area contributed by atoms with E-state index in [2.05, 4.69) is 11.2 Å². The zero-order valence-corrected chi connectivity index (χ0v) is 9.39. The number of carbonyl (C=O) groups is 2. The Balaban J connectivity index is 3.56. The molecule has 0 aliphatic rings. The average Bonchev–Trinajstić information content (AvgIpc) is 2.16. The van der Waals surface area contributed by atoms with Crippen molar-refractivity contribution in [2.45, 2.75) is 13.0 Å². The number of nitrogens with two attached hydrogens (primary N) is 1. The van der Waals surface area contributed by atoms with Gasteiger partial charge in [-0.1, -0.05) is 5.92 Å². The van der Waals surface area contributed by atoms with E-state index in [9.17, 15) is 9.59 Å². The molecule has 0 aromatic carbocycles. The zero-order valence-electron chi connectivity index (χ0n) is 8.58. The van der Waals surface area contributed by atoms with Crippen molar-refractivity contribution in [2.75, 3.05) is 18.1 Å². The Kier molecular flexibility index (Phi) is 7.50. The van der Waals surface area contributed by atoms with Gasteiger partial charge >= 0.3 is 6.03 Å². The van der Waals surface area contributed by atoms with Crippen molar-refractivity contribution in [1.29, 1.82) is 0 Å². The van der Waals surface area contributed by atoms with E-state index in [1.165, 1.54) is 0 Å². The Labute approximate surface area is 93.5 Å². The number of hydrogen-bond acceptors (Lipinski definition) is 4. The third kappa shape index (κ3) is 7.85. The van der Waals surface area contributed by atoms with Crippen molar-refractivity contribution in [3.05, 3.63) is 0 Å². The fraction of sp³-hybridized carbons (Fsp3) is 0.556. The van der Waals surface area contributed by atoms with Gasteiger partial charge in [0, 0.05) is 12.3 Å². The van der Waals surface area contributed by atoms with E-state index in [4.69, 9.17) is 12.2 Å². The normalized spacial score (nSPS) is 11.5. The minimum atomic E-state index is -0.838. The van der Waals surface area contributed by atoms with Crippen LogP contribution in [0.25, 0.3) is 0 Å². The van der Waals surface area contributed by atoms with Crippen LogP contribution in [0.3, 0.4) is 0 Å². The minimum Gasteiger partial charge on any atom is -0.351 e. The summed E-state index contributed by atoms with van der Waals surface area (Å²) in [5.41, 5.74) is 4.80. The van der Waals surface area contributed by atoms with Crippen LogP contribution in [-0.4, -0.2) is 36.0 Å². The van der Waals surface area contributed by atoms with Crippen LogP contribution < -0.4 is 16.4 Å². The molecule has 0 spiro atoms. The third-order valence-corrected chi connectivity index (χ3v) is 2.39. The molecule has 0 radical (unpaired) electrons. The fourth-order valence-electron chi connectivity index (χ4n) is 0.801. The van der Waals surface area contributed by atoms with Crippen LogP contribution in [0.15, 0.2) is 0 Å². The van der Waals surface area contributed by atoms with E-state index >= 15 is 0 Å². The summed E-state index contributed by atoms with van der Waals surface area (Å²) in [6, 6.07) is -1.28. The first kappa shape index (κ1) is 13.8. The molecular weight excluding hydrogens is 214 g/mol. The maximum atomic E-state index is 11.2. The first-order valence-corrected chi connectivity index (χ1v) is 5.58. The number of primary amides is 1. The number of imide groups is 1. The quantitative estimate of drug-likeness (QED) is 0.424. The first-order valence-electron chi connectivity index (χ1n) is 4.42. The van der Waals surface area contributed by atoms with Crippen molar-refractivity contribution in [3.63, 3.8) is 0 Å². The zero-order chi connectivity index (χ0) is 11.7. The Bertz CT molecular complexity index is 263. The number of nitrogens with one attached hydrogen (secondary N) is 2. The third-order valence-electron chi connectivity index (χ3n) is 1.52. The van der Waals surface area contributed by atoms with Crippen LogP contribution in [0.1, 0.15) is 6.92 Å². The lowest BCUT2D eigenvalue weighted by Gasteiger charge is -2.11. The highest BCUT2D eigenvalue weighted by Crippen LogP contribution is 1.95. The Morgan fingerprint density at radius 2 is 2.27 bits per heavy atom. The van der Waals surface area contributed by atoms with Gasteiger partial charge in [0.15, 0.2) is 0 Å². The molecule has 0 bridgehead atoms. The van der Waals surface area contributed by atoms with E-state index < -0.39 is 18.0 Å². The molecular formula is C9H15N3O2S. The summed E-state index contributed by atoms with van der Waals surface area (Å²) in [5.74, 6) is 3.55. The smallest absolute Gasteiger partial charge is 0.318 e. The minimum absolute atomic E-state index is 0.426. The number of thioether (sulfide) groups is 1. The maximum Gasteiger partial charge on any atom is 0.318 e. The van der Waals surface area contributed by atoms with E-state index in [1.54, 1.807) is 18.7 Å². The molecule has 0 saturated heterocycles. The van der Waals surface area contributed by atoms with Crippen LogP contribution >= 0.6 is 11.8 Å². The second-order valence-corrected chi connectivity index (χ2v) is 3.89. The van der Waals surface area contributed by atoms with Crippen LogP contribution in [0, 0.1) is 12.3 Å². The molecule has 5 nitrogen and oxygen atoms in total. The van der Waals surface area contributed by atoms with Crippen LogP contribution in [0.5, 0.6) is 0 Å². The monoisotopic (exact) mass is 229 g/mol. The summed E-state index contributed by atoms with van der Waals surface area (Å²) in [6.07, 6.45) is 5.07. The van der Waals surface area contributed by atoms with Gasteiger partial charge in [-0.05, 0) is 6.92 Å². The van der Waals surface area contributed by atoms with Gasteiger partial charge < -0.3 is 11.1 Å². The highest BCUT2D eigenvalue weighted by molar-refractivity contribution is 7.99. The summed E-state index contributed by atoms with van der Waals surface area (Å²) in [5, 5.41) is 4.93. The Hall–Kier alpha value is -1.19. The van der Waals surface area contributed by atoms with Gasteiger partial charge in [0.25, 0.3) is 0 Å². The lowest BCUT2D eigenvalue weighted by Crippen LogP contribution is -2.46. The van der Waals surface area contributed by atoms with Crippen LogP contribution in [0.4, 0.5) is 4.79 Å². The van der Waals surface area contributed by atoms with Gasteiger partial charge in [-0.15, -0.1) is 18.2 Å². The molecule has 0 aliphatic heterocycles. The molecule has 84 valence electrons. The van der Waals surface area contributed by atoms with Gasteiger partial charge in [0.05, 0.1) is 11.8 Å². The van der Waals surface area contributed by atoms with Crippen molar-refractivity contribution >= 4 is 23.7 Å². The predicted octanol–water partition coefficient (Wildman–Crippen LogP) is -0.474.